The molecule has 4 nitrogen and oxygen atoms in total. The van der Waals surface area contributed by atoms with Crippen molar-refractivity contribution in [3.63, 3.8) is 0 Å². The van der Waals surface area contributed by atoms with Crippen LogP contribution in [-0.4, -0.2) is 16.6 Å². The quantitative estimate of drug-likeness (QED) is 0.403. The predicted octanol–water partition coefficient (Wildman–Crippen LogP) is 6.18. The molecule has 4 heteroatoms. The minimum absolute atomic E-state index is 0.570. The Bertz CT molecular complexity index is 862. The summed E-state index contributed by atoms with van der Waals surface area (Å²) in [6.07, 6.45) is 4.42. The van der Waals surface area contributed by atoms with E-state index in [0.717, 1.165) is 29.1 Å². The highest BCUT2D eigenvalue weighted by Gasteiger charge is 2.05. The molecule has 0 aliphatic heterocycles. The van der Waals surface area contributed by atoms with Crippen molar-refractivity contribution in [1.29, 1.82) is 0 Å². The van der Waals surface area contributed by atoms with Gasteiger partial charge in [-0.1, -0.05) is 44.2 Å². The van der Waals surface area contributed by atoms with E-state index in [0.29, 0.717) is 12.6 Å². The first kappa shape index (κ1) is 20.2. The summed E-state index contributed by atoms with van der Waals surface area (Å²) in [5, 5.41) is 3.25. The summed E-state index contributed by atoms with van der Waals surface area (Å²) >= 11 is 0. The zero-order valence-corrected chi connectivity index (χ0v) is 16.3. The lowest BCUT2D eigenvalue weighted by Gasteiger charge is -2.09. The second kappa shape index (κ2) is 10.8. The Morgan fingerprint density at radius 3 is 2.67 bits per heavy atom. The second-order valence-corrected chi connectivity index (χ2v) is 5.71. The first-order chi connectivity index (χ1) is 13.2. The lowest BCUT2D eigenvalue weighted by atomic mass is 10.1. The molecule has 0 saturated heterocycles. The molecular formula is C23H27N3O. The maximum atomic E-state index is 5.72. The van der Waals surface area contributed by atoms with E-state index >= 15 is 0 Å². The van der Waals surface area contributed by atoms with Crippen molar-refractivity contribution in [3.05, 3.63) is 79.0 Å². The van der Waals surface area contributed by atoms with Crippen molar-refractivity contribution < 1.29 is 4.74 Å². The van der Waals surface area contributed by atoms with Crippen LogP contribution in [0.5, 0.6) is 5.75 Å². The molecule has 27 heavy (non-hydrogen) atoms. The normalized spacial score (nSPS) is 9.74. The summed E-state index contributed by atoms with van der Waals surface area (Å²) < 4.78 is 5.72. The van der Waals surface area contributed by atoms with E-state index in [1.807, 2.05) is 62.4 Å². The maximum Gasteiger partial charge on any atom is 0.227 e. The topological polar surface area (TPSA) is 47.0 Å². The molecule has 2 aromatic carbocycles. The molecule has 0 atom stereocenters. The monoisotopic (exact) mass is 361 g/mol. The van der Waals surface area contributed by atoms with E-state index in [1.165, 1.54) is 5.56 Å². The highest BCUT2D eigenvalue weighted by atomic mass is 16.5. The average molecular weight is 361 g/mol. The standard InChI is InChI=1S/C21H21N3O.C2H6/c1-3-4-13-25-19-10-6-8-17(15-19)20-11-12-22-21(24-20)23-18-9-5-7-16(2)14-18;1-2/h3,5-12,14-15H,1,4,13H2,2H3,(H,22,23,24);1-2H3. The molecule has 1 heterocycles. The molecule has 0 radical (unpaired) electrons. The van der Waals surface area contributed by atoms with Gasteiger partial charge in [0.05, 0.1) is 12.3 Å². The fourth-order valence-corrected chi connectivity index (χ4v) is 2.44. The summed E-state index contributed by atoms with van der Waals surface area (Å²) in [7, 11) is 0. The number of rotatable bonds is 7. The van der Waals surface area contributed by atoms with E-state index in [4.69, 9.17) is 4.74 Å². The van der Waals surface area contributed by atoms with E-state index < -0.39 is 0 Å². The van der Waals surface area contributed by atoms with Gasteiger partial charge in [0.15, 0.2) is 0 Å². The number of nitrogens with one attached hydrogen (secondary N) is 1. The summed E-state index contributed by atoms with van der Waals surface area (Å²) in [4.78, 5) is 8.92. The number of nitrogens with zero attached hydrogens (tertiary/aromatic N) is 2. The molecule has 140 valence electrons. The maximum absolute atomic E-state index is 5.72. The van der Waals surface area contributed by atoms with Gasteiger partial charge in [-0.15, -0.1) is 6.58 Å². The number of aryl methyl sites for hydroxylation is 1. The molecule has 1 aromatic heterocycles. The highest BCUT2D eigenvalue weighted by Crippen LogP contribution is 2.24. The average Bonchev–Trinajstić information content (AvgIpc) is 2.70. The molecule has 0 amide bonds. The zero-order valence-electron chi connectivity index (χ0n) is 16.3. The van der Waals surface area contributed by atoms with Crippen molar-refractivity contribution in [1.82, 2.24) is 9.97 Å². The Morgan fingerprint density at radius 2 is 1.89 bits per heavy atom. The number of benzene rings is 2. The van der Waals surface area contributed by atoms with Gasteiger partial charge >= 0.3 is 0 Å². The largest absolute Gasteiger partial charge is 0.493 e. The van der Waals surface area contributed by atoms with Gasteiger partial charge in [-0.05, 0) is 49.2 Å². The van der Waals surface area contributed by atoms with Crippen molar-refractivity contribution >= 4 is 11.6 Å². The van der Waals surface area contributed by atoms with Crippen molar-refractivity contribution in [2.24, 2.45) is 0 Å². The first-order valence-electron chi connectivity index (χ1n) is 9.25. The molecule has 0 aliphatic carbocycles. The number of hydrogen-bond donors (Lipinski definition) is 1. The van der Waals surface area contributed by atoms with Crippen molar-refractivity contribution in [3.8, 4) is 17.0 Å². The van der Waals surface area contributed by atoms with Gasteiger partial charge in [-0.2, -0.15) is 0 Å². The van der Waals surface area contributed by atoms with Gasteiger partial charge in [0, 0.05) is 17.4 Å². The molecule has 0 bridgehead atoms. The third-order valence-corrected chi connectivity index (χ3v) is 3.65. The fraction of sp³-hybridized carbons (Fsp3) is 0.217. The summed E-state index contributed by atoms with van der Waals surface area (Å²) in [5.74, 6) is 1.40. The van der Waals surface area contributed by atoms with Crippen LogP contribution >= 0.6 is 0 Å². The fourth-order valence-electron chi connectivity index (χ4n) is 2.44. The second-order valence-electron chi connectivity index (χ2n) is 5.71. The van der Waals surface area contributed by atoms with E-state index in [-0.39, 0.29) is 0 Å². The predicted molar refractivity (Wildman–Crippen MR) is 114 cm³/mol. The van der Waals surface area contributed by atoms with Crippen LogP contribution in [-0.2, 0) is 0 Å². The van der Waals surface area contributed by atoms with Gasteiger partial charge in [0.25, 0.3) is 0 Å². The van der Waals surface area contributed by atoms with Gasteiger partial charge in [0.1, 0.15) is 5.75 Å². The molecular weight excluding hydrogens is 334 g/mol. The van der Waals surface area contributed by atoms with Crippen molar-refractivity contribution in [2.45, 2.75) is 27.2 Å². The lowest BCUT2D eigenvalue weighted by Crippen LogP contribution is -1.98. The highest BCUT2D eigenvalue weighted by molar-refractivity contribution is 5.63. The zero-order chi connectivity index (χ0) is 19.5. The summed E-state index contributed by atoms with van der Waals surface area (Å²) in [6, 6.07) is 17.9. The third kappa shape index (κ3) is 6.26. The lowest BCUT2D eigenvalue weighted by molar-refractivity contribution is 0.325. The molecule has 0 aliphatic rings. The van der Waals surface area contributed by atoms with Gasteiger partial charge in [-0.3, -0.25) is 0 Å². The van der Waals surface area contributed by atoms with Crippen LogP contribution in [0.2, 0.25) is 0 Å². The van der Waals surface area contributed by atoms with Gasteiger partial charge in [-0.25, -0.2) is 9.97 Å². The summed E-state index contributed by atoms with van der Waals surface area (Å²) in [6.45, 7) is 10.4. The van der Waals surface area contributed by atoms with E-state index in [9.17, 15) is 0 Å². The van der Waals surface area contributed by atoms with Crippen LogP contribution in [0.25, 0.3) is 11.3 Å². The first-order valence-corrected chi connectivity index (χ1v) is 9.25. The molecule has 0 unspecified atom stereocenters. The van der Waals surface area contributed by atoms with Crippen LogP contribution in [0.3, 0.4) is 0 Å². The van der Waals surface area contributed by atoms with Gasteiger partial charge < -0.3 is 10.1 Å². The molecule has 1 N–H and O–H groups in total. The Kier molecular flexibility index (Phi) is 8.04. The number of aromatic nitrogens is 2. The van der Waals surface area contributed by atoms with Crippen LogP contribution in [0.4, 0.5) is 11.6 Å². The van der Waals surface area contributed by atoms with E-state index in [2.05, 4.69) is 40.9 Å². The Balaban J connectivity index is 0.00000126. The van der Waals surface area contributed by atoms with Crippen LogP contribution in [0.15, 0.2) is 73.4 Å². The van der Waals surface area contributed by atoms with Crippen LogP contribution in [0, 0.1) is 6.92 Å². The Hall–Kier alpha value is -3.14. The summed E-state index contributed by atoms with van der Waals surface area (Å²) in [5.41, 5.74) is 3.99. The van der Waals surface area contributed by atoms with Crippen molar-refractivity contribution in [2.75, 3.05) is 11.9 Å². The van der Waals surface area contributed by atoms with Gasteiger partial charge in [0.2, 0.25) is 5.95 Å². The molecule has 3 rings (SSSR count). The minimum Gasteiger partial charge on any atom is -0.493 e. The third-order valence-electron chi connectivity index (χ3n) is 3.65. The SMILES string of the molecule is C=CCCOc1cccc(-c2ccnc(Nc3cccc(C)c3)n2)c1.CC. The number of ether oxygens (including phenoxy) is 1. The smallest absolute Gasteiger partial charge is 0.227 e. The Labute approximate surface area is 162 Å². The Morgan fingerprint density at radius 1 is 1.07 bits per heavy atom. The minimum atomic E-state index is 0.570. The molecule has 0 saturated carbocycles. The molecule has 3 aromatic rings. The number of hydrogen-bond acceptors (Lipinski definition) is 4. The van der Waals surface area contributed by atoms with Crippen LogP contribution < -0.4 is 10.1 Å². The molecule has 0 spiro atoms. The van der Waals surface area contributed by atoms with Crippen LogP contribution in [0.1, 0.15) is 25.8 Å². The molecule has 0 fully saturated rings. The van der Waals surface area contributed by atoms with E-state index in [1.54, 1.807) is 6.20 Å². The number of anilines is 2.